The third-order valence-corrected chi connectivity index (χ3v) is 3.67. The van der Waals surface area contributed by atoms with Gasteiger partial charge in [0.15, 0.2) is 5.69 Å². The molecule has 0 bridgehead atoms. The van der Waals surface area contributed by atoms with Gasteiger partial charge in [0.2, 0.25) is 0 Å². The minimum Gasteiger partial charge on any atom is -0.476 e. The van der Waals surface area contributed by atoms with E-state index >= 15 is 0 Å². The number of carboxylic acids is 1. The van der Waals surface area contributed by atoms with Gasteiger partial charge < -0.3 is 14.8 Å². The fourth-order valence-corrected chi connectivity index (χ4v) is 2.70. The number of aromatic nitrogens is 2. The molecular formula is C15H16N2O3. The molecule has 0 fully saturated rings. The lowest BCUT2D eigenvalue weighted by molar-refractivity contribution is 0.0686. The Morgan fingerprint density at radius 2 is 2.10 bits per heavy atom. The molecule has 0 amide bonds. The van der Waals surface area contributed by atoms with Crippen LogP contribution in [0.15, 0.2) is 30.3 Å². The number of carbonyl (C=O) groups is 1. The molecule has 1 aromatic carbocycles. The first-order valence-corrected chi connectivity index (χ1v) is 6.68. The maximum atomic E-state index is 11.3. The highest BCUT2D eigenvalue weighted by Gasteiger charge is 2.26. The van der Waals surface area contributed by atoms with Gasteiger partial charge in [-0.2, -0.15) is 0 Å². The fraction of sp³-hybridized carbons (Fsp3) is 0.333. The van der Waals surface area contributed by atoms with Crippen molar-refractivity contribution in [2.24, 2.45) is 0 Å². The van der Waals surface area contributed by atoms with Crippen LogP contribution in [0.4, 0.5) is 0 Å². The number of aromatic carboxylic acids is 1. The summed E-state index contributed by atoms with van der Waals surface area (Å²) in [6, 6.07) is 9.81. The van der Waals surface area contributed by atoms with E-state index in [1.807, 2.05) is 34.9 Å². The van der Waals surface area contributed by atoms with Crippen molar-refractivity contribution in [1.29, 1.82) is 0 Å². The molecule has 1 aliphatic rings. The molecule has 2 aromatic rings. The molecule has 1 unspecified atom stereocenters. The molecule has 1 aliphatic heterocycles. The molecule has 2 heterocycles. The molecular weight excluding hydrogens is 256 g/mol. The van der Waals surface area contributed by atoms with Crippen LogP contribution in [0.5, 0.6) is 0 Å². The fourth-order valence-electron chi connectivity index (χ4n) is 2.70. The standard InChI is InChI=1S/C15H16N2O3/c18-11-6-7-12-14(15(19)20)16-13(17(12)9-11)8-10-4-2-1-3-5-10/h1-5,11,18H,6-9H2,(H,19,20). The summed E-state index contributed by atoms with van der Waals surface area (Å²) in [4.78, 5) is 15.6. The smallest absolute Gasteiger partial charge is 0.356 e. The number of nitrogens with zero attached hydrogens (tertiary/aromatic N) is 2. The molecule has 5 nitrogen and oxygen atoms in total. The van der Waals surface area contributed by atoms with Crippen LogP contribution in [0.25, 0.3) is 0 Å². The molecule has 3 rings (SSSR count). The summed E-state index contributed by atoms with van der Waals surface area (Å²) >= 11 is 0. The summed E-state index contributed by atoms with van der Waals surface area (Å²) in [6.07, 6.45) is 1.31. The molecule has 0 aliphatic carbocycles. The van der Waals surface area contributed by atoms with E-state index in [9.17, 15) is 15.0 Å². The lowest BCUT2D eigenvalue weighted by Gasteiger charge is -2.21. The number of rotatable bonds is 3. The summed E-state index contributed by atoms with van der Waals surface area (Å²) in [5.41, 5.74) is 1.94. The minimum atomic E-state index is -0.996. The summed E-state index contributed by atoms with van der Waals surface area (Å²) in [5.74, 6) is -0.285. The Morgan fingerprint density at radius 3 is 2.80 bits per heavy atom. The van der Waals surface area contributed by atoms with E-state index < -0.39 is 12.1 Å². The zero-order chi connectivity index (χ0) is 14.1. The van der Waals surface area contributed by atoms with Crippen molar-refractivity contribution < 1.29 is 15.0 Å². The van der Waals surface area contributed by atoms with E-state index in [2.05, 4.69) is 4.98 Å². The highest BCUT2D eigenvalue weighted by Crippen LogP contribution is 2.23. The van der Waals surface area contributed by atoms with Gasteiger partial charge in [0.05, 0.1) is 18.3 Å². The molecule has 0 saturated heterocycles. The van der Waals surface area contributed by atoms with Gasteiger partial charge in [-0.15, -0.1) is 0 Å². The Labute approximate surface area is 116 Å². The van der Waals surface area contributed by atoms with E-state index in [0.717, 1.165) is 11.3 Å². The number of hydrogen-bond donors (Lipinski definition) is 2. The van der Waals surface area contributed by atoms with Crippen molar-refractivity contribution in [3.05, 3.63) is 53.1 Å². The van der Waals surface area contributed by atoms with Gasteiger partial charge >= 0.3 is 5.97 Å². The van der Waals surface area contributed by atoms with Crippen LogP contribution in [0.3, 0.4) is 0 Å². The largest absolute Gasteiger partial charge is 0.476 e. The zero-order valence-electron chi connectivity index (χ0n) is 11.0. The van der Waals surface area contributed by atoms with E-state index in [-0.39, 0.29) is 5.69 Å². The molecule has 0 radical (unpaired) electrons. The van der Waals surface area contributed by atoms with Crippen LogP contribution in [-0.4, -0.2) is 31.8 Å². The van der Waals surface area contributed by atoms with Crippen molar-refractivity contribution in [3.8, 4) is 0 Å². The van der Waals surface area contributed by atoms with Gasteiger partial charge in [0, 0.05) is 6.42 Å². The lowest BCUT2D eigenvalue weighted by Crippen LogP contribution is -2.26. The Balaban J connectivity index is 2.00. The van der Waals surface area contributed by atoms with Gasteiger partial charge in [-0.1, -0.05) is 30.3 Å². The summed E-state index contributed by atoms with van der Waals surface area (Å²) in [5, 5.41) is 19.0. The Hall–Kier alpha value is -2.14. The number of benzene rings is 1. The predicted octanol–water partition coefficient (Wildman–Crippen LogP) is 1.48. The minimum absolute atomic E-state index is 0.128. The lowest BCUT2D eigenvalue weighted by atomic mass is 10.1. The van der Waals surface area contributed by atoms with Crippen molar-refractivity contribution in [2.75, 3.05) is 0 Å². The normalized spacial score (nSPS) is 17.8. The maximum Gasteiger partial charge on any atom is 0.356 e. The van der Waals surface area contributed by atoms with E-state index in [1.54, 1.807) is 0 Å². The van der Waals surface area contributed by atoms with Crippen molar-refractivity contribution in [2.45, 2.75) is 31.9 Å². The highest BCUT2D eigenvalue weighted by atomic mass is 16.4. The van der Waals surface area contributed by atoms with Crippen LogP contribution in [0.1, 0.15) is 34.0 Å². The Kier molecular flexibility index (Phi) is 3.28. The average Bonchev–Trinajstić information content (AvgIpc) is 2.78. The third-order valence-electron chi connectivity index (χ3n) is 3.67. The summed E-state index contributed by atoms with van der Waals surface area (Å²) in [6.45, 7) is 0.428. The molecule has 1 atom stereocenters. The zero-order valence-corrected chi connectivity index (χ0v) is 11.0. The van der Waals surface area contributed by atoms with E-state index in [4.69, 9.17) is 0 Å². The van der Waals surface area contributed by atoms with Gasteiger partial charge in [0.25, 0.3) is 0 Å². The van der Waals surface area contributed by atoms with Crippen LogP contribution in [-0.2, 0) is 19.4 Å². The highest BCUT2D eigenvalue weighted by molar-refractivity contribution is 5.87. The first-order chi connectivity index (χ1) is 9.65. The Bertz CT molecular complexity index is 634. The van der Waals surface area contributed by atoms with Gasteiger partial charge in [-0.3, -0.25) is 0 Å². The quantitative estimate of drug-likeness (QED) is 0.887. The number of imidazole rings is 1. The second kappa shape index (κ2) is 5.09. The predicted molar refractivity (Wildman–Crippen MR) is 72.8 cm³/mol. The maximum absolute atomic E-state index is 11.3. The first kappa shape index (κ1) is 12.9. The first-order valence-electron chi connectivity index (χ1n) is 6.68. The second-order valence-corrected chi connectivity index (χ2v) is 5.09. The number of aliphatic hydroxyl groups is 1. The summed E-state index contributed by atoms with van der Waals surface area (Å²) < 4.78 is 1.87. The molecule has 2 N–H and O–H groups in total. The van der Waals surface area contributed by atoms with E-state index in [0.29, 0.717) is 31.6 Å². The van der Waals surface area contributed by atoms with E-state index in [1.165, 1.54) is 0 Å². The van der Waals surface area contributed by atoms with Crippen molar-refractivity contribution in [3.63, 3.8) is 0 Å². The van der Waals surface area contributed by atoms with Crippen molar-refractivity contribution in [1.82, 2.24) is 9.55 Å². The third kappa shape index (κ3) is 2.32. The van der Waals surface area contributed by atoms with Gasteiger partial charge in [-0.25, -0.2) is 9.78 Å². The molecule has 0 saturated carbocycles. The number of hydrogen-bond acceptors (Lipinski definition) is 3. The van der Waals surface area contributed by atoms with Gasteiger partial charge in [-0.05, 0) is 18.4 Å². The molecule has 104 valence electrons. The van der Waals surface area contributed by atoms with Gasteiger partial charge in [0.1, 0.15) is 5.82 Å². The Morgan fingerprint density at radius 1 is 1.35 bits per heavy atom. The van der Waals surface area contributed by atoms with Crippen LogP contribution < -0.4 is 0 Å². The SMILES string of the molecule is O=C(O)c1nc(Cc2ccccc2)n2c1CCC(O)C2. The molecule has 1 aromatic heterocycles. The van der Waals surface area contributed by atoms with Crippen LogP contribution >= 0.6 is 0 Å². The second-order valence-electron chi connectivity index (χ2n) is 5.09. The molecule has 0 spiro atoms. The van der Waals surface area contributed by atoms with Crippen LogP contribution in [0, 0.1) is 0 Å². The number of aliphatic hydroxyl groups excluding tert-OH is 1. The summed E-state index contributed by atoms with van der Waals surface area (Å²) in [7, 11) is 0. The number of carboxylic acid groups (broad SMARTS) is 1. The number of fused-ring (bicyclic) bond motifs is 1. The van der Waals surface area contributed by atoms with Crippen LogP contribution in [0.2, 0.25) is 0 Å². The average molecular weight is 272 g/mol. The molecule has 20 heavy (non-hydrogen) atoms. The van der Waals surface area contributed by atoms with Crippen molar-refractivity contribution >= 4 is 5.97 Å². The monoisotopic (exact) mass is 272 g/mol. The topological polar surface area (TPSA) is 75.3 Å². The molecule has 5 heteroatoms.